The van der Waals surface area contributed by atoms with Crippen LogP contribution in [0, 0.1) is 0 Å². The van der Waals surface area contributed by atoms with Crippen molar-refractivity contribution < 1.29 is 0 Å². The summed E-state index contributed by atoms with van der Waals surface area (Å²) >= 11 is 3.56. The van der Waals surface area contributed by atoms with Crippen LogP contribution in [0.1, 0.15) is 25.0 Å². The molecule has 0 fully saturated rings. The summed E-state index contributed by atoms with van der Waals surface area (Å²) in [4.78, 5) is 6.45. The van der Waals surface area contributed by atoms with Crippen molar-refractivity contribution in [1.29, 1.82) is 0 Å². The molecule has 0 atom stereocenters. The number of pyridine rings is 1. The molecule has 0 radical (unpaired) electrons. The first-order valence-corrected chi connectivity index (χ1v) is 7.97. The Morgan fingerprint density at radius 3 is 2.76 bits per heavy atom. The van der Waals surface area contributed by atoms with Crippen LogP contribution in [0.3, 0.4) is 0 Å². The Morgan fingerprint density at radius 2 is 2.10 bits per heavy atom. The summed E-state index contributed by atoms with van der Waals surface area (Å²) in [6.45, 7) is 6.04. The normalized spacial score (nSPS) is 10.9. The summed E-state index contributed by atoms with van der Waals surface area (Å²) in [5, 5.41) is 3.49. The summed E-state index contributed by atoms with van der Waals surface area (Å²) in [6.07, 6.45) is 3.72. The zero-order chi connectivity index (χ0) is 15.2. The Balaban J connectivity index is 2.17. The highest BCUT2D eigenvalue weighted by Crippen LogP contribution is 2.25. The molecule has 0 amide bonds. The molecule has 1 N–H and O–H groups in total. The Morgan fingerprint density at radius 1 is 1.29 bits per heavy atom. The lowest BCUT2D eigenvalue weighted by Crippen LogP contribution is -2.24. The molecule has 0 saturated carbocycles. The summed E-state index contributed by atoms with van der Waals surface area (Å²) in [5.41, 5.74) is 3.75. The van der Waals surface area contributed by atoms with Gasteiger partial charge in [-0.2, -0.15) is 0 Å². The third-order valence-electron chi connectivity index (χ3n) is 3.30. The second kappa shape index (κ2) is 7.57. The molecule has 1 aromatic heterocycles. The van der Waals surface area contributed by atoms with Gasteiger partial charge in [0.25, 0.3) is 0 Å². The molecule has 1 heterocycles. The number of hydrogen-bond donors (Lipinski definition) is 1. The van der Waals surface area contributed by atoms with Crippen LogP contribution in [0.25, 0.3) is 0 Å². The minimum Gasteiger partial charge on any atom is -0.370 e. The van der Waals surface area contributed by atoms with Crippen molar-refractivity contribution in [2.24, 2.45) is 0 Å². The number of hydrogen-bond acceptors (Lipinski definition) is 3. The number of rotatable bonds is 6. The monoisotopic (exact) mass is 347 g/mol. The summed E-state index contributed by atoms with van der Waals surface area (Å²) in [6, 6.07) is 11.0. The van der Waals surface area contributed by atoms with E-state index in [1.54, 1.807) is 6.20 Å². The number of halogens is 1. The van der Waals surface area contributed by atoms with E-state index in [0.29, 0.717) is 6.04 Å². The molecule has 0 spiro atoms. The highest BCUT2D eigenvalue weighted by atomic mass is 79.9. The van der Waals surface area contributed by atoms with E-state index in [1.165, 1.54) is 16.8 Å². The molecule has 0 aliphatic carbocycles. The van der Waals surface area contributed by atoms with Crippen molar-refractivity contribution in [3.8, 4) is 0 Å². The number of nitrogens with one attached hydrogen (secondary N) is 1. The quantitative estimate of drug-likeness (QED) is 0.856. The molecule has 0 aliphatic heterocycles. The first-order valence-electron chi connectivity index (χ1n) is 7.18. The van der Waals surface area contributed by atoms with Crippen LogP contribution >= 0.6 is 15.9 Å². The zero-order valence-electron chi connectivity index (χ0n) is 12.8. The minimum absolute atomic E-state index is 0.473. The average molecular weight is 348 g/mol. The van der Waals surface area contributed by atoms with Crippen molar-refractivity contribution in [3.63, 3.8) is 0 Å². The van der Waals surface area contributed by atoms with E-state index < -0.39 is 0 Å². The second-order valence-corrected chi connectivity index (χ2v) is 6.44. The van der Waals surface area contributed by atoms with Gasteiger partial charge in [0, 0.05) is 48.7 Å². The summed E-state index contributed by atoms with van der Waals surface area (Å²) < 4.78 is 1.11. The van der Waals surface area contributed by atoms with E-state index in [-0.39, 0.29) is 0 Å². The van der Waals surface area contributed by atoms with Gasteiger partial charge in [-0.3, -0.25) is 4.98 Å². The lowest BCUT2D eigenvalue weighted by Gasteiger charge is -2.23. The highest BCUT2D eigenvalue weighted by molar-refractivity contribution is 9.10. The third-order valence-corrected chi connectivity index (χ3v) is 3.79. The molecule has 0 unspecified atom stereocenters. The van der Waals surface area contributed by atoms with Crippen LogP contribution in [0.5, 0.6) is 0 Å². The van der Waals surface area contributed by atoms with E-state index >= 15 is 0 Å². The van der Waals surface area contributed by atoms with Gasteiger partial charge in [-0.15, -0.1) is 0 Å². The molecule has 1 aromatic carbocycles. The van der Waals surface area contributed by atoms with E-state index in [1.807, 2.05) is 12.3 Å². The molecule has 0 bridgehead atoms. The van der Waals surface area contributed by atoms with Gasteiger partial charge in [0.05, 0.1) is 0 Å². The Labute approximate surface area is 135 Å². The Bertz CT molecular complexity index is 570. The fourth-order valence-electron chi connectivity index (χ4n) is 2.23. The number of anilines is 1. The molecule has 0 saturated heterocycles. The van der Waals surface area contributed by atoms with Crippen molar-refractivity contribution in [2.75, 3.05) is 11.9 Å². The number of nitrogens with zero attached hydrogens (tertiary/aromatic N) is 2. The molecule has 2 rings (SSSR count). The first kappa shape index (κ1) is 16.0. The van der Waals surface area contributed by atoms with E-state index in [4.69, 9.17) is 0 Å². The maximum absolute atomic E-state index is 4.18. The molecule has 3 nitrogen and oxygen atoms in total. The van der Waals surface area contributed by atoms with Crippen molar-refractivity contribution in [2.45, 2.75) is 33.0 Å². The second-order valence-electron chi connectivity index (χ2n) is 5.53. The largest absolute Gasteiger partial charge is 0.370 e. The molecule has 0 aliphatic rings. The summed E-state index contributed by atoms with van der Waals surface area (Å²) in [7, 11) is 2.12. The lowest BCUT2D eigenvalue weighted by molar-refractivity contribution is 0.588. The predicted molar refractivity (Wildman–Crippen MR) is 92.5 cm³/mol. The smallest absolute Gasteiger partial charge is 0.0441 e. The van der Waals surface area contributed by atoms with Gasteiger partial charge in [0.2, 0.25) is 0 Å². The van der Waals surface area contributed by atoms with E-state index in [9.17, 15) is 0 Å². The van der Waals surface area contributed by atoms with Crippen molar-refractivity contribution >= 4 is 21.6 Å². The van der Waals surface area contributed by atoms with Crippen LogP contribution < -0.4 is 10.2 Å². The van der Waals surface area contributed by atoms with Crippen LogP contribution in [-0.4, -0.2) is 18.1 Å². The molecule has 21 heavy (non-hydrogen) atoms. The van der Waals surface area contributed by atoms with Gasteiger partial charge >= 0.3 is 0 Å². The van der Waals surface area contributed by atoms with Gasteiger partial charge in [-0.05, 0) is 35.4 Å². The Kier molecular flexibility index (Phi) is 5.76. The van der Waals surface area contributed by atoms with Crippen molar-refractivity contribution in [1.82, 2.24) is 10.3 Å². The van der Waals surface area contributed by atoms with Gasteiger partial charge < -0.3 is 10.2 Å². The topological polar surface area (TPSA) is 28.2 Å². The maximum Gasteiger partial charge on any atom is 0.0441 e. The van der Waals surface area contributed by atoms with E-state index in [0.717, 1.165) is 17.6 Å². The van der Waals surface area contributed by atoms with Crippen LogP contribution in [0.15, 0.2) is 47.2 Å². The van der Waals surface area contributed by atoms with Crippen LogP contribution in [0.2, 0.25) is 0 Å². The van der Waals surface area contributed by atoms with Gasteiger partial charge in [0.1, 0.15) is 0 Å². The third kappa shape index (κ3) is 4.83. The maximum atomic E-state index is 4.18. The number of benzene rings is 1. The van der Waals surface area contributed by atoms with Crippen LogP contribution in [-0.2, 0) is 13.1 Å². The number of aromatic nitrogens is 1. The predicted octanol–water partition coefficient (Wildman–Crippen LogP) is 3.98. The Hall–Kier alpha value is -1.39. The molecule has 4 heteroatoms. The SMILES string of the molecule is CC(C)NCc1cc(Br)ccc1N(C)Cc1cccnc1. The van der Waals surface area contributed by atoms with Crippen LogP contribution in [0.4, 0.5) is 5.69 Å². The fourth-order valence-corrected chi connectivity index (χ4v) is 2.64. The van der Waals surface area contributed by atoms with Gasteiger partial charge in [-0.25, -0.2) is 0 Å². The zero-order valence-corrected chi connectivity index (χ0v) is 14.4. The lowest BCUT2D eigenvalue weighted by atomic mass is 10.1. The van der Waals surface area contributed by atoms with Gasteiger partial charge in [0.15, 0.2) is 0 Å². The molecule has 112 valence electrons. The standard InChI is InChI=1S/C17H22BrN3/c1-13(2)20-11-15-9-16(18)6-7-17(15)21(3)12-14-5-4-8-19-10-14/h4-10,13,20H,11-12H2,1-3H3. The highest BCUT2D eigenvalue weighted by Gasteiger charge is 2.09. The van der Waals surface area contributed by atoms with E-state index in [2.05, 4.69) is 76.3 Å². The first-order chi connectivity index (χ1) is 10.1. The minimum atomic E-state index is 0.473. The molecular formula is C17H22BrN3. The average Bonchev–Trinajstić information content (AvgIpc) is 2.46. The van der Waals surface area contributed by atoms with Gasteiger partial charge in [-0.1, -0.05) is 35.8 Å². The molecule has 2 aromatic rings. The fraction of sp³-hybridized carbons (Fsp3) is 0.353. The molecular weight excluding hydrogens is 326 g/mol. The summed E-state index contributed by atoms with van der Waals surface area (Å²) in [5.74, 6) is 0. The van der Waals surface area contributed by atoms with Crippen molar-refractivity contribution in [3.05, 3.63) is 58.3 Å².